The second kappa shape index (κ2) is 9.47. The number of nitrogens with zero attached hydrogens (tertiary/aromatic N) is 1. The van der Waals surface area contributed by atoms with Crippen molar-refractivity contribution in [2.24, 2.45) is 0 Å². The van der Waals surface area contributed by atoms with Gasteiger partial charge in [-0.2, -0.15) is 0 Å². The number of ether oxygens (including phenoxy) is 1. The summed E-state index contributed by atoms with van der Waals surface area (Å²) in [6.45, 7) is 0. The van der Waals surface area contributed by atoms with E-state index in [0.717, 1.165) is 11.0 Å². The molecule has 0 aliphatic carbocycles. The minimum Gasteiger partial charge on any atom is -0.507 e. The molecule has 174 valence electrons. The van der Waals surface area contributed by atoms with Gasteiger partial charge in [-0.1, -0.05) is 58.5 Å². The van der Waals surface area contributed by atoms with Crippen molar-refractivity contribution in [1.29, 1.82) is 0 Å². The highest BCUT2D eigenvalue weighted by Gasteiger charge is 2.47. The van der Waals surface area contributed by atoms with Gasteiger partial charge >= 0.3 is 0 Å². The molecule has 0 aromatic heterocycles. The molecule has 3 aromatic carbocycles. The van der Waals surface area contributed by atoms with Crippen LogP contribution in [0.5, 0.6) is 5.75 Å². The van der Waals surface area contributed by atoms with Crippen molar-refractivity contribution >= 4 is 69.5 Å². The normalized spacial score (nSPS) is 17.4. The van der Waals surface area contributed by atoms with Crippen LogP contribution in [-0.2, 0) is 9.59 Å². The fourth-order valence-electron chi connectivity index (χ4n) is 3.81. The highest BCUT2D eigenvalue weighted by molar-refractivity contribution is 6.52. The Kier molecular flexibility index (Phi) is 6.78. The van der Waals surface area contributed by atoms with E-state index in [2.05, 4.69) is 0 Å². The number of ketones is 1. The maximum Gasteiger partial charge on any atom is 0.300 e. The van der Waals surface area contributed by atoms with Gasteiger partial charge in [0.2, 0.25) is 0 Å². The van der Waals surface area contributed by atoms with Gasteiger partial charge in [-0.3, -0.25) is 14.5 Å². The summed E-state index contributed by atoms with van der Waals surface area (Å²) in [6, 6.07) is 11.3. The van der Waals surface area contributed by atoms with Crippen LogP contribution in [0.1, 0.15) is 17.2 Å². The van der Waals surface area contributed by atoms with Crippen LogP contribution in [0, 0.1) is 5.82 Å². The van der Waals surface area contributed by atoms with E-state index in [1.807, 2.05) is 0 Å². The molecule has 1 heterocycles. The first kappa shape index (κ1) is 24.4. The summed E-state index contributed by atoms with van der Waals surface area (Å²) in [6.07, 6.45) is 0. The number of rotatable bonds is 4. The van der Waals surface area contributed by atoms with E-state index in [0.29, 0.717) is 5.56 Å². The Labute approximate surface area is 213 Å². The van der Waals surface area contributed by atoms with Crippen molar-refractivity contribution < 1.29 is 23.8 Å². The van der Waals surface area contributed by atoms with Gasteiger partial charge in [0.05, 0.1) is 39.4 Å². The second-order valence-corrected chi connectivity index (χ2v) is 8.95. The maximum absolute atomic E-state index is 14.0. The first-order valence-electron chi connectivity index (χ1n) is 9.69. The van der Waals surface area contributed by atoms with E-state index in [9.17, 15) is 19.1 Å². The van der Waals surface area contributed by atoms with Crippen LogP contribution >= 0.6 is 46.4 Å². The van der Waals surface area contributed by atoms with Crippen LogP contribution < -0.4 is 9.64 Å². The third-order valence-electron chi connectivity index (χ3n) is 5.26. The molecule has 1 N–H and O–H groups in total. The number of carbonyl (C=O) groups is 2. The predicted molar refractivity (Wildman–Crippen MR) is 131 cm³/mol. The van der Waals surface area contributed by atoms with Crippen LogP contribution in [0.15, 0.2) is 60.2 Å². The summed E-state index contributed by atoms with van der Waals surface area (Å²) >= 11 is 24.6. The Bertz CT molecular complexity index is 1380. The number of hydrogen-bond acceptors (Lipinski definition) is 4. The lowest BCUT2D eigenvalue weighted by atomic mass is 9.94. The zero-order chi connectivity index (χ0) is 24.7. The van der Waals surface area contributed by atoms with Crippen molar-refractivity contribution in [3.8, 4) is 5.75 Å². The standard InChI is InChI=1S/C24H14Cl4FNO4/c1-34-23-15(8-12(25)9-18(23)28)21(31)19-20(11-5-6-16(26)17(27)7-11)30(24(33)22(19)32)14-4-2-3-13(29)10-14/h2-10,20,31H,1H3/b21-19+. The molecule has 10 heteroatoms. The minimum atomic E-state index is -1.17. The molecule has 1 amide bonds. The number of benzene rings is 3. The fourth-order valence-corrected chi connectivity index (χ4v) is 4.69. The molecule has 3 aromatic rings. The Morgan fingerprint density at radius 1 is 0.971 bits per heavy atom. The smallest absolute Gasteiger partial charge is 0.300 e. The Hall–Kier alpha value is -2.77. The van der Waals surface area contributed by atoms with Crippen molar-refractivity contribution in [3.05, 3.63) is 97.2 Å². The number of anilines is 1. The summed E-state index contributed by atoms with van der Waals surface area (Å²) in [4.78, 5) is 27.5. The summed E-state index contributed by atoms with van der Waals surface area (Å²) in [7, 11) is 1.33. The van der Waals surface area contributed by atoms with E-state index in [1.54, 1.807) is 6.07 Å². The van der Waals surface area contributed by atoms with Crippen molar-refractivity contribution in [2.45, 2.75) is 6.04 Å². The molecule has 1 aliphatic rings. The zero-order valence-corrected chi connectivity index (χ0v) is 20.3. The molecule has 0 saturated carbocycles. The molecule has 0 spiro atoms. The molecular formula is C24H14Cl4FNO4. The number of Topliss-reactive ketones (excluding diaryl/α,β-unsaturated/α-hetero) is 1. The average molecular weight is 541 g/mol. The second-order valence-electron chi connectivity index (χ2n) is 7.29. The van der Waals surface area contributed by atoms with E-state index in [4.69, 9.17) is 51.1 Å². The third-order valence-corrected chi connectivity index (χ3v) is 6.50. The summed E-state index contributed by atoms with van der Waals surface area (Å²) in [5.74, 6) is -3.12. The highest BCUT2D eigenvalue weighted by atomic mass is 35.5. The van der Waals surface area contributed by atoms with Gasteiger partial charge in [-0.05, 0) is 48.0 Å². The predicted octanol–water partition coefficient (Wildman–Crippen LogP) is 7.07. The monoisotopic (exact) mass is 539 g/mol. The largest absolute Gasteiger partial charge is 0.507 e. The maximum atomic E-state index is 14.0. The third kappa shape index (κ3) is 4.23. The van der Waals surface area contributed by atoms with Gasteiger partial charge in [0.15, 0.2) is 0 Å². The fraction of sp³-hybridized carbons (Fsp3) is 0.0833. The molecule has 1 saturated heterocycles. The van der Waals surface area contributed by atoms with Gasteiger partial charge in [-0.15, -0.1) is 0 Å². The quantitative estimate of drug-likeness (QED) is 0.218. The van der Waals surface area contributed by atoms with Crippen molar-refractivity contribution in [3.63, 3.8) is 0 Å². The van der Waals surface area contributed by atoms with Gasteiger partial charge < -0.3 is 9.84 Å². The van der Waals surface area contributed by atoms with Crippen LogP contribution in [-0.4, -0.2) is 23.9 Å². The van der Waals surface area contributed by atoms with Gasteiger partial charge in [0, 0.05) is 10.7 Å². The number of halogens is 5. The lowest BCUT2D eigenvalue weighted by Crippen LogP contribution is -2.29. The van der Waals surface area contributed by atoms with E-state index >= 15 is 0 Å². The molecule has 1 aliphatic heterocycles. The van der Waals surface area contributed by atoms with Crippen LogP contribution in [0.25, 0.3) is 5.76 Å². The summed E-state index contributed by atoms with van der Waals surface area (Å²) in [5.41, 5.74) is 0.173. The first-order valence-corrected chi connectivity index (χ1v) is 11.2. The topological polar surface area (TPSA) is 66.8 Å². The number of aliphatic hydroxyl groups is 1. The van der Waals surface area contributed by atoms with Crippen LogP contribution in [0.4, 0.5) is 10.1 Å². The summed E-state index contributed by atoms with van der Waals surface area (Å²) in [5, 5.41) is 11.9. The number of hydrogen-bond donors (Lipinski definition) is 1. The number of methoxy groups -OCH3 is 1. The lowest BCUT2D eigenvalue weighted by Gasteiger charge is -2.26. The van der Waals surface area contributed by atoms with Gasteiger partial charge in [-0.25, -0.2) is 4.39 Å². The molecule has 1 fully saturated rings. The SMILES string of the molecule is COc1c(Cl)cc(Cl)cc1/C(O)=C1\C(=O)C(=O)N(c2cccc(F)c2)C1c1ccc(Cl)c(Cl)c1. The first-order chi connectivity index (χ1) is 16.1. The zero-order valence-electron chi connectivity index (χ0n) is 17.3. The van der Waals surface area contributed by atoms with Crippen molar-refractivity contribution in [2.75, 3.05) is 12.0 Å². The van der Waals surface area contributed by atoms with Gasteiger partial charge in [0.1, 0.15) is 17.3 Å². The molecule has 1 unspecified atom stereocenters. The molecule has 0 radical (unpaired) electrons. The Balaban J connectivity index is 2.03. The minimum absolute atomic E-state index is 0.00213. The van der Waals surface area contributed by atoms with Crippen LogP contribution in [0.2, 0.25) is 20.1 Å². The molecular weight excluding hydrogens is 527 g/mol. The molecule has 4 rings (SSSR count). The highest BCUT2D eigenvalue weighted by Crippen LogP contribution is 2.45. The molecule has 1 atom stereocenters. The Morgan fingerprint density at radius 3 is 2.35 bits per heavy atom. The number of carbonyl (C=O) groups excluding carboxylic acids is 2. The molecule has 0 bridgehead atoms. The molecule has 5 nitrogen and oxygen atoms in total. The lowest BCUT2D eigenvalue weighted by molar-refractivity contribution is -0.132. The Morgan fingerprint density at radius 2 is 1.71 bits per heavy atom. The van der Waals surface area contributed by atoms with Crippen molar-refractivity contribution in [1.82, 2.24) is 0 Å². The average Bonchev–Trinajstić information content (AvgIpc) is 3.05. The van der Waals surface area contributed by atoms with E-state index in [1.165, 1.54) is 49.6 Å². The molecule has 34 heavy (non-hydrogen) atoms. The van der Waals surface area contributed by atoms with E-state index in [-0.39, 0.29) is 42.7 Å². The van der Waals surface area contributed by atoms with E-state index < -0.39 is 29.3 Å². The number of amides is 1. The number of aliphatic hydroxyl groups excluding tert-OH is 1. The summed E-state index contributed by atoms with van der Waals surface area (Å²) < 4.78 is 19.3. The van der Waals surface area contributed by atoms with Gasteiger partial charge in [0.25, 0.3) is 11.7 Å². The van der Waals surface area contributed by atoms with Crippen LogP contribution in [0.3, 0.4) is 0 Å².